The zero-order valence-corrected chi connectivity index (χ0v) is 10.3. The first-order chi connectivity index (χ1) is 9.19. The fourth-order valence-corrected chi connectivity index (χ4v) is 2.28. The standard InChI is InChI=1S/C12H12N4O3/c1-19-12(18)7-4-11(17)16(6-7)8-2-3-9-10(5-8)14-15-13-9/h2-3,5,7H,4,6H2,1H3,(H,13,14,15). The highest BCUT2D eigenvalue weighted by Gasteiger charge is 2.35. The average molecular weight is 260 g/mol. The molecule has 1 amide bonds. The van der Waals surface area contributed by atoms with Crippen LogP contribution >= 0.6 is 0 Å². The Kier molecular flexibility index (Phi) is 2.66. The van der Waals surface area contributed by atoms with E-state index in [1.165, 1.54) is 7.11 Å². The minimum Gasteiger partial charge on any atom is -0.469 e. The van der Waals surface area contributed by atoms with Crippen molar-refractivity contribution in [3.05, 3.63) is 18.2 Å². The number of nitrogens with zero attached hydrogens (tertiary/aromatic N) is 3. The molecule has 1 fully saturated rings. The third-order valence-electron chi connectivity index (χ3n) is 3.27. The molecule has 1 N–H and O–H groups in total. The molecule has 1 saturated heterocycles. The van der Waals surface area contributed by atoms with Gasteiger partial charge in [0.05, 0.1) is 13.0 Å². The van der Waals surface area contributed by atoms with Crippen molar-refractivity contribution in [2.75, 3.05) is 18.6 Å². The topological polar surface area (TPSA) is 88.2 Å². The summed E-state index contributed by atoms with van der Waals surface area (Å²) < 4.78 is 4.68. The Morgan fingerprint density at radius 2 is 2.21 bits per heavy atom. The van der Waals surface area contributed by atoms with Crippen molar-refractivity contribution in [3.8, 4) is 0 Å². The van der Waals surface area contributed by atoms with E-state index < -0.39 is 5.92 Å². The quantitative estimate of drug-likeness (QED) is 0.793. The summed E-state index contributed by atoms with van der Waals surface area (Å²) in [5.41, 5.74) is 2.14. The van der Waals surface area contributed by atoms with Gasteiger partial charge < -0.3 is 9.64 Å². The zero-order valence-electron chi connectivity index (χ0n) is 10.3. The van der Waals surface area contributed by atoms with Crippen LogP contribution in [0.3, 0.4) is 0 Å². The predicted octanol–water partition coefficient (Wildman–Crippen LogP) is 0.484. The van der Waals surface area contributed by atoms with Gasteiger partial charge in [-0.1, -0.05) is 0 Å². The number of aromatic amines is 1. The molecule has 0 radical (unpaired) electrons. The molecule has 3 rings (SSSR count). The second-order valence-electron chi connectivity index (χ2n) is 4.43. The Morgan fingerprint density at radius 3 is 3.00 bits per heavy atom. The number of nitrogens with one attached hydrogen (secondary N) is 1. The number of amides is 1. The molecule has 19 heavy (non-hydrogen) atoms. The van der Waals surface area contributed by atoms with Crippen LogP contribution in [0, 0.1) is 5.92 Å². The van der Waals surface area contributed by atoms with Gasteiger partial charge in [-0.2, -0.15) is 15.4 Å². The average Bonchev–Trinajstić information content (AvgIpc) is 3.03. The van der Waals surface area contributed by atoms with Gasteiger partial charge in [0, 0.05) is 18.7 Å². The summed E-state index contributed by atoms with van der Waals surface area (Å²) in [6.07, 6.45) is 0.184. The number of esters is 1. The van der Waals surface area contributed by atoms with Crippen molar-refractivity contribution in [2.45, 2.75) is 6.42 Å². The molecule has 1 atom stereocenters. The van der Waals surface area contributed by atoms with E-state index in [0.717, 1.165) is 11.2 Å². The van der Waals surface area contributed by atoms with E-state index in [2.05, 4.69) is 20.1 Å². The van der Waals surface area contributed by atoms with Gasteiger partial charge in [0.25, 0.3) is 0 Å². The molecule has 1 aliphatic heterocycles. The second-order valence-corrected chi connectivity index (χ2v) is 4.43. The van der Waals surface area contributed by atoms with Crippen molar-refractivity contribution < 1.29 is 14.3 Å². The number of fused-ring (bicyclic) bond motifs is 1. The van der Waals surface area contributed by atoms with Crippen LogP contribution in [0.5, 0.6) is 0 Å². The first-order valence-electron chi connectivity index (χ1n) is 5.88. The van der Waals surface area contributed by atoms with Crippen molar-refractivity contribution >= 4 is 28.6 Å². The first-order valence-corrected chi connectivity index (χ1v) is 5.88. The number of hydrogen-bond donors (Lipinski definition) is 1. The minimum atomic E-state index is -0.398. The van der Waals surface area contributed by atoms with Gasteiger partial charge in [-0.3, -0.25) is 9.59 Å². The number of benzene rings is 1. The molecule has 0 bridgehead atoms. The molecule has 98 valence electrons. The first kappa shape index (κ1) is 11.6. The largest absolute Gasteiger partial charge is 0.469 e. The second kappa shape index (κ2) is 4.34. The lowest BCUT2D eigenvalue weighted by Crippen LogP contribution is -2.26. The number of methoxy groups -OCH3 is 1. The third kappa shape index (κ3) is 1.92. The minimum absolute atomic E-state index is 0.0850. The SMILES string of the molecule is COC(=O)C1CC(=O)N(c2ccc3n[nH]nc3c2)C1. The molecule has 0 aliphatic carbocycles. The highest BCUT2D eigenvalue weighted by molar-refractivity contribution is 6.00. The number of H-pyrrole nitrogens is 1. The monoisotopic (exact) mass is 260 g/mol. The highest BCUT2D eigenvalue weighted by atomic mass is 16.5. The zero-order chi connectivity index (χ0) is 13.4. The van der Waals surface area contributed by atoms with Crippen molar-refractivity contribution in [2.24, 2.45) is 5.92 Å². The molecule has 0 saturated carbocycles. The summed E-state index contributed by atoms with van der Waals surface area (Å²) in [5.74, 6) is -0.831. The molecule has 0 spiro atoms. The Balaban J connectivity index is 1.89. The number of anilines is 1. The van der Waals surface area contributed by atoms with Crippen LogP contribution in [-0.2, 0) is 14.3 Å². The van der Waals surface area contributed by atoms with Crippen LogP contribution in [0.1, 0.15) is 6.42 Å². The van der Waals surface area contributed by atoms with E-state index in [1.54, 1.807) is 23.1 Å². The van der Waals surface area contributed by atoms with Gasteiger partial charge in [0.2, 0.25) is 5.91 Å². The molecular weight excluding hydrogens is 248 g/mol. The molecule has 1 aromatic heterocycles. The predicted molar refractivity (Wildman–Crippen MR) is 66.4 cm³/mol. The van der Waals surface area contributed by atoms with Gasteiger partial charge in [-0.25, -0.2) is 0 Å². The number of carbonyl (C=O) groups excluding carboxylic acids is 2. The molecule has 2 aromatic rings. The maximum atomic E-state index is 12.0. The number of aromatic nitrogens is 3. The van der Waals surface area contributed by atoms with E-state index in [1.807, 2.05) is 0 Å². The summed E-state index contributed by atoms with van der Waals surface area (Å²) in [6, 6.07) is 5.35. The lowest BCUT2D eigenvalue weighted by atomic mass is 10.1. The lowest BCUT2D eigenvalue weighted by molar-refractivity contribution is -0.145. The van der Waals surface area contributed by atoms with Gasteiger partial charge in [0.15, 0.2) is 0 Å². The molecule has 7 heteroatoms. The Hall–Kier alpha value is -2.44. The van der Waals surface area contributed by atoms with Crippen molar-refractivity contribution in [3.63, 3.8) is 0 Å². The number of hydrogen-bond acceptors (Lipinski definition) is 5. The van der Waals surface area contributed by atoms with Crippen LogP contribution in [0.15, 0.2) is 18.2 Å². The molecule has 2 heterocycles. The number of rotatable bonds is 2. The Bertz CT molecular complexity index is 651. The summed E-state index contributed by atoms with van der Waals surface area (Å²) in [4.78, 5) is 25.0. The summed E-state index contributed by atoms with van der Waals surface area (Å²) in [7, 11) is 1.33. The summed E-state index contributed by atoms with van der Waals surface area (Å²) in [5, 5.41) is 10.5. The van der Waals surface area contributed by atoms with Gasteiger partial charge >= 0.3 is 5.97 Å². The summed E-state index contributed by atoms with van der Waals surface area (Å²) in [6.45, 7) is 0.342. The molecule has 7 nitrogen and oxygen atoms in total. The Labute approximate surface area is 108 Å². The van der Waals surface area contributed by atoms with E-state index in [0.29, 0.717) is 12.1 Å². The molecular formula is C12H12N4O3. The van der Waals surface area contributed by atoms with Gasteiger partial charge in [0.1, 0.15) is 11.0 Å². The van der Waals surface area contributed by atoms with E-state index in [4.69, 9.17) is 0 Å². The van der Waals surface area contributed by atoms with Crippen LogP contribution < -0.4 is 4.90 Å². The van der Waals surface area contributed by atoms with E-state index in [-0.39, 0.29) is 18.3 Å². The lowest BCUT2D eigenvalue weighted by Gasteiger charge is -2.16. The fourth-order valence-electron chi connectivity index (χ4n) is 2.28. The van der Waals surface area contributed by atoms with Crippen LogP contribution in [0.25, 0.3) is 11.0 Å². The number of ether oxygens (including phenoxy) is 1. The molecule has 1 aromatic carbocycles. The van der Waals surface area contributed by atoms with Crippen LogP contribution in [-0.4, -0.2) is 40.9 Å². The maximum Gasteiger partial charge on any atom is 0.311 e. The smallest absolute Gasteiger partial charge is 0.311 e. The normalized spacial score (nSPS) is 19.1. The fraction of sp³-hybridized carbons (Fsp3) is 0.333. The summed E-state index contributed by atoms with van der Waals surface area (Å²) >= 11 is 0. The van der Waals surface area contributed by atoms with E-state index in [9.17, 15) is 9.59 Å². The van der Waals surface area contributed by atoms with Crippen LogP contribution in [0.2, 0.25) is 0 Å². The number of carbonyl (C=O) groups is 2. The van der Waals surface area contributed by atoms with Gasteiger partial charge in [-0.05, 0) is 18.2 Å². The maximum absolute atomic E-state index is 12.0. The van der Waals surface area contributed by atoms with Crippen molar-refractivity contribution in [1.29, 1.82) is 0 Å². The highest BCUT2D eigenvalue weighted by Crippen LogP contribution is 2.27. The van der Waals surface area contributed by atoms with E-state index >= 15 is 0 Å². The Morgan fingerprint density at radius 1 is 1.42 bits per heavy atom. The molecule has 1 aliphatic rings. The molecule has 1 unspecified atom stereocenters. The van der Waals surface area contributed by atoms with Crippen LogP contribution in [0.4, 0.5) is 5.69 Å². The third-order valence-corrected chi connectivity index (χ3v) is 3.27. The van der Waals surface area contributed by atoms with Crippen molar-refractivity contribution in [1.82, 2.24) is 15.4 Å². The van der Waals surface area contributed by atoms with Gasteiger partial charge in [-0.15, -0.1) is 0 Å².